The van der Waals surface area contributed by atoms with E-state index >= 15 is 4.39 Å². The van der Waals surface area contributed by atoms with Crippen molar-refractivity contribution in [1.29, 1.82) is 0 Å². The zero-order chi connectivity index (χ0) is 25.7. The zero-order valence-corrected chi connectivity index (χ0v) is 20.8. The van der Waals surface area contributed by atoms with Crippen molar-refractivity contribution in [2.75, 3.05) is 6.61 Å². The number of halogens is 5. The average molecular weight is 515 g/mol. The third-order valence-electron chi connectivity index (χ3n) is 6.27. The molecule has 1 nitrogen and oxygen atoms in total. The monoisotopic (exact) mass is 514 g/mol. The lowest BCUT2D eigenvalue weighted by atomic mass is 9.96. The van der Waals surface area contributed by atoms with Gasteiger partial charge in [0.05, 0.1) is 17.2 Å². The van der Waals surface area contributed by atoms with Crippen molar-refractivity contribution in [2.45, 2.75) is 45.4 Å². The van der Waals surface area contributed by atoms with Gasteiger partial charge in [0.25, 0.3) is 0 Å². The summed E-state index contributed by atoms with van der Waals surface area (Å²) in [4.78, 5) is 0. The molecule has 0 bridgehead atoms. The van der Waals surface area contributed by atoms with E-state index in [0.717, 1.165) is 25.7 Å². The minimum absolute atomic E-state index is 0.0453. The molecule has 0 radical (unpaired) electrons. The molecule has 0 aliphatic rings. The molecule has 0 fully saturated rings. The van der Waals surface area contributed by atoms with Crippen LogP contribution >= 0.6 is 11.6 Å². The standard InChI is InChI=1S/C30H27ClF4O/c1-2-3-4-5-14-36-23-17-27(33)29(28(34)18-23)22-11-12-24-21(16-22)10-9-20(30(24)35)8-6-19-7-13-25(31)26(32)15-19/h7,9-13,15-18H,2-6,8,14H2,1H3. The van der Waals surface area contributed by atoms with Crippen molar-refractivity contribution in [1.82, 2.24) is 0 Å². The summed E-state index contributed by atoms with van der Waals surface area (Å²) in [6.07, 6.45) is 4.84. The van der Waals surface area contributed by atoms with Crippen LogP contribution in [0.2, 0.25) is 5.02 Å². The fourth-order valence-electron chi connectivity index (χ4n) is 4.29. The molecule has 0 aliphatic carbocycles. The van der Waals surface area contributed by atoms with Gasteiger partial charge in [-0.1, -0.05) is 68.1 Å². The van der Waals surface area contributed by atoms with Gasteiger partial charge in [-0.25, -0.2) is 17.6 Å². The molecule has 0 saturated heterocycles. The number of hydrogen-bond acceptors (Lipinski definition) is 1. The van der Waals surface area contributed by atoms with Gasteiger partial charge in [-0.2, -0.15) is 0 Å². The van der Waals surface area contributed by atoms with Crippen LogP contribution in [0.4, 0.5) is 17.6 Å². The lowest BCUT2D eigenvalue weighted by Gasteiger charge is -2.12. The molecule has 0 aromatic heterocycles. The van der Waals surface area contributed by atoms with Crippen molar-refractivity contribution in [3.63, 3.8) is 0 Å². The second kappa shape index (κ2) is 11.8. The van der Waals surface area contributed by atoms with E-state index in [9.17, 15) is 13.2 Å². The molecular weight excluding hydrogens is 488 g/mol. The number of hydrogen-bond donors (Lipinski definition) is 0. The van der Waals surface area contributed by atoms with Gasteiger partial charge >= 0.3 is 0 Å². The van der Waals surface area contributed by atoms with E-state index in [-0.39, 0.29) is 16.3 Å². The van der Waals surface area contributed by atoms with Crippen molar-refractivity contribution in [3.05, 3.63) is 100 Å². The Kier molecular flexibility index (Phi) is 8.52. The normalized spacial score (nSPS) is 11.3. The van der Waals surface area contributed by atoms with E-state index in [1.165, 1.54) is 36.4 Å². The van der Waals surface area contributed by atoms with Crippen LogP contribution in [0, 0.1) is 23.3 Å². The Balaban J connectivity index is 1.52. The number of rotatable bonds is 10. The average Bonchev–Trinajstić information content (AvgIpc) is 2.85. The highest BCUT2D eigenvalue weighted by molar-refractivity contribution is 6.30. The number of fused-ring (bicyclic) bond motifs is 1. The van der Waals surface area contributed by atoms with E-state index in [1.807, 2.05) is 0 Å². The van der Waals surface area contributed by atoms with Gasteiger partial charge in [0, 0.05) is 17.5 Å². The summed E-state index contributed by atoms with van der Waals surface area (Å²) in [6, 6.07) is 14.9. The van der Waals surface area contributed by atoms with E-state index in [1.54, 1.807) is 24.3 Å². The zero-order valence-electron chi connectivity index (χ0n) is 20.0. The molecule has 0 heterocycles. The highest BCUT2D eigenvalue weighted by atomic mass is 35.5. The molecule has 0 N–H and O–H groups in total. The Bertz CT molecular complexity index is 1350. The largest absolute Gasteiger partial charge is 0.493 e. The van der Waals surface area contributed by atoms with Gasteiger partial charge < -0.3 is 4.74 Å². The molecule has 4 rings (SSSR count). The quantitative estimate of drug-likeness (QED) is 0.151. The summed E-state index contributed by atoms with van der Waals surface area (Å²) >= 11 is 5.72. The lowest BCUT2D eigenvalue weighted by Crippen LogP contribution is -2.00. The second-order valence-electron chi connectivity index (χ2n) is 8.89. The van der Waals surface area contributed by atoms with Crippen LogP contribution in [-0.4, -0.2) is 6.61 Å². The lowest BCUT2D eigenvalue weighted by molar-refractivity contribution is 0.302. The van der Waals surface area contributed by atoms with Crippen LogP contribution < -0.4 is 4.74 Å². The molecule has 4 aromatic rings. The fraction of sp³-hybridized carbons (Fsp3) is 0.267. The topological polar surface area (TPSA) is 9.23 Å². The van der Waals surface area contributed by atoms with Crippen molar-refractivity contribution in [2.24, 2.45) is 0 Å². The Morgan fingerprint density at radius 1 is 0.750 bits per heavy atom. The van der Waals surface area contributed by atoms with E-state index in [2.05, 4.69) is 6.92 Å². The first-order chi connectivity index (χ1) is 17.4. The smallest absolute Gasteiger partial charge is 0.142 e. The first-order valence-electron chi connectivity index (χ1n) is 12.1. The molecule has 36 heavy (non-hydrogen) atoms. The highest BCUT2D eigenvalue weighted by Gasteiger charge is 2.16. The van der Waals surface area contributed by atoms with Crippen LogP contribution in [0.25, 0.3) is 21.9 Å². The Hall–Kier alpha value is -3.05. The minimum atomic E-state index is -0.731. The molecule has 188 valence electrons. The summed E-state index contributed by atoms with van der Waals surface area (Å²) < 4.78 is 64.1. The maximum absolute atomic E-state index is 15.2. The fourth-order valence-corrected chi connectivity index (χ4v) is 4.41. The molecule has 0 spiro atoms. The van der Waals surface area contributed by atoms with Gasteiger partial charge in [0.2, 0.25) is 0 Å². The Morgan fingerprint density at radius 2 is 1.53 bits per heavy atom. The summed E-state index contributed by atoms with van der Waals surface area (Å²) in [5, 5.41) is 0.927. The molecule has 0 saturated carbocycles. The molecule has 6 heteroatoms. The van der Waals surface area contributed by atoms with Gasteiger partial charge in [-0.15, -0.1) is 0 Å². The molecule has 0 unspecified atom stereocenters. The van der Waals surface area contributed by atoms with E-state index < -0.39 is 23.3 Å². The van der Waals surface area contributed by atoms with Crippen molar-refractivity contribution < 1.29 is 22.3 Å². The number of aryl methyl sites for hydroxylation is 2. The van der Waals surface area contributed by atoms with Crippen LogP contribution in [-0.2, 0) is 12.8 Å². The number of ether oxygens (including phenoxy) is 1. The van der Waals surface area contributed by atoms with E-state index in [0.29, 0.717) is 46.9 Å². The second-order valence-corrected chi connectivity index (χ2v) is 9.30. The molecule has 0 aliphatic heterocycles. The van der Waals surface area contributed by atoms with Crippen LogP contribution in [0.1, 0.15) is 43.7 Å². The third-order valence-corrected chi connectivity index (χ3v) is 6.58. The minimum Gasteiger partial charge on any atom is -0.493 e. The van der Waals surface area contributed by atoms with Crippen molar-refractivity contribution >= 4 is 22.4 Å². The molecule has 0 atom stereocenters. The summed E-state index contributed by atoms with van der Waals surface area (Å²) in [5.74, 6) is -2.22. The summed E-state index contributed by atoms with van der Waals surface area (Å²) in [7, 11) is 0. The molecule has 0 amide bonds. The van der Waals surface area contributed by atoms with E-state index in [4.69, 9.17) is 16.3 Å². The Morgan fingerprint density at radius 3 is 2.25 bits per heavy atom. The predicted octanol–water partition coefficient (Wildman–Crippen LogP) is 9.46. The highest BCUT2D eigenvalue weighted by Crippen LogP contribution is 2.33. The van der Waals surface area contributed by atoms with Gasteiger partial charge in [0.15, 0.2) is 0 Å². The molecular formula is C30H27ClF4O. The van der Waals surface area contributed by atoms with Crippen LogP contribution in [0.3, 0.4) is 0 Å². The first-order valence-corrected chi connectivity index (χ1v) is 12.5. The predicted molar refractivity (Wildman–Crippen MR) is 138 cm³/mol. The number of unbranched alkanes of at least 4 members (excludes halogenated alkanes) is 3. The third kappa shape index (κ3) is 6.01. The van der Waals surface area contributed by atoms with Gasteiger partial charge in [-0.05, 0) is 59.5 Å². The van der Waals surface area contributed by atoms with Gasteiger partial charge in [0.1, 0.15) is 29.0 Å². The molecule has 4 aromatic carbocycles. The maximum atomic E-state index is 15.2. The summed E-state index contributed by atoms with van der Waals surface area (Å²) in [5.41, 5.74) is 1.33. The SMILES string of the molecule is CCCCCCOc1cc(F)c(-c2ccc3c(F)c(CCc4ccc(Cl)c(F)c4)ccc3c2)c(F)c1. The first kappa shape index (κ1) is 26.0. The van der Waals surface area contributed by atoms with Crippen LogP contribution in [0.15, 0.2) is 60.7 Å². The van der Waals surface area contributed by atoms with Crippen molar-refractivity contribution in [3.8, 4) is 16.9 Å². The van der Waals surface area contributed by atoms with Gasteiger partial charge in [-0.3, -0.25) is 0 Å². The summed E-state index contributed by atoms with van der Waals surface area (Å²) in [6.45, 7) is 2.51. The van der Waals surface area contributed by atoms with Crippen LogP contribution in [0.5, 0.6) is 5.75 Å². The maximum Gasteiger partial charge on any atom is 0.142 e. The Labute approximate surface area is 213 Å². The number of benzene rings is 4.